The summed E-state index contributed by atoms with van der Waals surface area (Å²) in [4.78, 5) is 30.0. The predicted molar refractivity (Wildman–Crippen MR) is 72.3 cm³/mol. The number of carbonyl (C=O) groups is 2. The second kappa shape index (κ2) is 4.92. The molecule has 1 amide bonds. The molecular formula is C13H12ClN3O4. The number of H-pyrrole nitrogens is 1. The van der Waals surface area contributed by atoms with Crippen LogP contribution in [-0.4, -0.2) is 27.0 Å². The smallest absolute Gasteiger partial charge is 0.353 e. The van der Waals surface area contributed by atoms with E-state index in [0.717, 1.165) is 6.42 Å². The summed E-state index contributed by atoms with van der Waals surface area (Å²) < 4.78 is 4.90. The molecule has 110 valence electrons. The van der Waals surface area contributed by atoms with Crippen molar-refractivity contribution in [3.8, 4) is 0 Å². The third kappa shape index (κ3) is 2.29. The standard InChI is InChI=1S/C13H12ClN3O4/c14-9-7(2-5-21-9)10(18)17-13(3-1-4-13)12-15-6-8(16-12)11(19)20/h2,5-6H,1,3-4H2,(H,15,16)(H,17,18)(H,19,20). The van der Waals surface area contributed by atoms with Gasteiger partial charge in [-0.2, -0.15) is 0 Å². The SMILES string of the molecule is O=C(O)c1cnc(C2(NC(=O)c3ccoc3Cl)CCC2)[nH]1. The Kier molecular flexibility index (Phi) is 3.21. The number of nitrogens with one attached hydrogen (secondary N) is 2. The van der Waals surface area contributed by atoms with Crippen molar-refractivity contribution in [2.24, 2.45) is 0 Å². The van der Waals surface area contributed by atoms with Gasteiger partial charge in [0.15, 0.2) is 0 Å². The Balaban J connectivity index is 1.85. The van der Waals surface area contributed by atoms with Gasteiger partial charge in [0, 0.05) is 0 Å². The molecule has 2 aromatic heterocycles. The molecule has 1 aliphatic rings. The van der Waals surface area contributed by atoms with Crippen LogP contribution in [0.4, 0.5) is 0 Å². The highest BCUT2D eigenvalue weighted by Crippen LogP contribution is 2.40. The fourth-order valence-electron chi connectivity index (χ4n) is 2.36. The fourth-order valence-corrected chi connectivity index (χ4v) is 2.57. The van der Waals surface area contributed by atoms with Crippen LogP contribution in [0.25, 0.3) is 0 Å². The zero-order valence-electron chi connectivity index (χ0n) is 10.9. The summed E-state index contributed by atoms with van der Waals surface area (Å²) in [6.45, 7) is 0. The largest absolute Gasteiger partial charge is 0.477 e. The zero-order valence-corrected chi connectivity index (χ0v) is 11.6. The molecule has 0 aliphatic heterocycles. The highest BCUT2D eigenvalue weighted by Gasteiger charge is 2.43. The van der Waals surface area contributed by atoms with E-state index in [1.807, 2.05) is 0 Å². The van der Waals surface area contributed by atoms with Crippen molar-refractivity contribution < 1.29 is 19.1 Å². The number of hydrogen-bond acceptors (Lipinski definition) is 4. The molecule has 1 fully saturated rings. The van der Waals surface area contributed by atoms with Gasteiger partial charge in [-0.05, 0) is 36.9 Å². The topological polar surface area (TPSA) is 108 Å². The van der Waals surface area contributed by atoms with Gasteiger partial charge in [-0.3, -0.25) is 4.79 Å². The van der Waals surface area contributed by atoms with E-state index < -0.39 is 11.5 Å². The Morgan fingerprint density at radius 1 is 1.48 bits per heavy atom. The average Bonchev–Trinajstić information content (AvgIpc) is 3.02. The molecule has 0 atom stereocenters. The minimum Gasteiger partial charge on any atom is -0.477 e. The normalized spacial score (nSPS) is 16.2. The van der Waals surface area contributed by atoms with Crippen LogP contribution in [0, 0.1) is 0 Å². The number of furan rings is 1. The molecule has 3 N–H and O–H groups in total. The van der Waals surface area contributed by atoms with Crippen molar-refractivity contribution in [2.45, 2.75) is 24.8 Å². The Morgan fingerprint density at radius 2 is 2.24 bits per heavy atom. The van der Waals surface area contributed by atoms with E-state index in [4.69, 9.17) is 21.1 Å². The molecule has 1 aliphatic carbocycles. The number of halogens is 1. The van der Waals surface area contributed by atoms with E-state index in [-0.39, 0.29) is 22.4 Å². The van der Waals surface area contributed by atoms with Gasteiger partial charge < -0.3 is 19.8 Å². The lowest BCUT2D eigenvalue weighted by atomic mass is 9.76. The number of amides is 1. The van der Waals surface area contributed by atoms with Crippen molar-refractivity contribution in [2.75, 3.05) is 0 Å². The first-order chi connectivity index (χ1) is 10.0. The first-order valence-electron chi connectivity index (χ1n) is 6.36. The first kappa shape index (κ1) is 13.7. The maximum absolute atomic E-state index is 12.2. The summed E-state index contributed by atoms with van der Waals surface area (Å²) in [7, 11) is 0. The van der Waals surface area contributed by atoms with E-state index >= 15 is 0 Å². The Labute approximate surface area is 124 Å². The van der Waals surface area contributed by atoms with Crippen LogP contribution >= 0.6 is 11.6 Å². The lowest BCUT2D eigenvalue weighted by Gasteiger charge is -2.40. The first-order valence-corrected chi connectivity index (χ1v) is 6.74. The van der Waals surface area contributed by atoms with Gasteiger partial charge in [-0.1, -0.05) is 0 Å². The molecule has 0 bridgehead atoms. The second-order valence-electron chi connectivity index (χ2n) is 4.95. The van der Waals surface area contributed by atoms with Crippen molar-refractivity contribution in [3.05, 3.63) is 40.8 Å². The summed E-state index contributed by atoms with van der Waals surface area (Å²) in [5, 5.41) is 11.8. The third-order valence-corrected chi connectivity index (χ3v) is 3.97. The van der Waals surface area contributed by atoms with E-state index in [1.165, 1.54) is 18.5 Å². The van der Waals surface area contributed by atoms with Gasteiger partial charge in [0.1, 0.15) is 11.5 Å². The number of imidazole rings is 1. The molecule has 0 saturated heterocycles. The fraction of sp³-hybridized carbons (Fsp3) is 0.308. The number of nitrogens with zero attached hydrogens (tertiary/aromatic N) is 1. The van der Waals surface area contributed by atoms with Crippen LogP contribution in [0.15, 0.2) is 22.9 Å². The molecular weight excluding hydrogens is 298 g/mol. The van der Waals surface area contributed by atoms with Crippen LogP contribution in [0.2, 0.25) is 5.22 Å². The quantitative estimate of drug-likeness (QED) is 0.802. The lowest BCUT2D eigenvalue weighted by molar-refractivity contribution is 0.0690. The molecule has 2 heterocycles. The number of carboxylic acids is 1. The van der Waals surface area contributed by atoms with Gasteiger partial charge in [-0.15, -0.1) is 0 Å². The van der Waals surface area contributed by atoms with Crippen molar-refractivity contribution in [1.29, 1.82) is 0 Å². The maximum Gasteiger partial charge on any atom is 0.353 e. The number of aromatic carboxylic acids is 1. The number of rotatable bonds is 4. The lowest BCUT2D eigenvalue weighted by Crippen LogP contribution is -2.51. The number of carbonyl (C=O) groups excluding carboxylic acids is 1. The average molecular weight is 310 g/mol. The number of carboxylic acid groups (broad SMARTS) is 1. The highest BCUT2D eigenvalue weighted by atomic mass is 35.5. The van der Waals surface area contributed by atoms with Crippen LogP contribution in [0.3, 0.4) is 0 Å². The van der Waals surface area contributed by atoms with Gasteiger partial charge in [-0.25, -0.2) is 9.78 Å². The number of hydrogen-bond donors (Lipinski definition) is 3. The van der Waals surface area contributed by atoms with E-state index in [1.54, 1.807) is 0 Å². The van der Waals surface area contributed by atoms with E-state index in [0.29, 0.717) is 18.7 Å². The number of aromatic nitrogens is 2. The van der Waals surface area contributed by atoms with Crippen molar-refractivity contribution in [3.63, 3.8) is 0 Å². The summed E-state index contributed by atoms with van der Waals surface area (Å²) in [5.74, 6) is -1.02. The molecule has 2 aromatic rings. The molecule has 0 spiro atoms. The minimum absolute atomic E-state index is 0.00753. The number of aromatic amines is 1. The minimum atomic E-state index is -1.09. The van der Waals surface area contributed by atoms with Crippen LogP contribution < -0.4 is 5.32 Å². The van der Waals surface area contributed by atoms with Crippen LogP contribution in [0.1, 0.15) is 45.9 Å². The monoisotopic (exact) mass is 309 g/mol. The molecule has 7 nitrogen and oxygen atoms in total. The molecule has 1 saturated carbocycles. The highest BCUT2D eigenvalue weighted by molar-refractivity contribution is 6.32. The molecule has 21 heavy (non-hydrogen) atoms. The molecule has 8 heteroatoms. The van der Waals surface area contributed by atoms with Gasteiger partial charge in [0.25, 0.3) is 5.91 Å². The molecule has 0 radical (unpaired) electrons. The Hall–Kier alpha value is -2.28. The summed E-state index contributed by atoms with van der Waals surface area (Å²) in [5.41, 5.74) is -0.439. The van der Waals surface area contributed by atoms with E-state index in [2.05, 4.69) is 15.3 Å². The van der Waals surface area contributed by atoms with Crippen LogP contribution in [0.5, 0.6) is 0 Å². The van der Waals surface area contributed by atoms with Crippen molar-refractivity contribution >= 4 is 23.5 Å². The predicted octanol–water partition coefficient (Wildman–Crippen LogP) is 2.16. The third-order valence-electron chi connectivity index (χ3n) is 3.68. The Bertz CT molecular complexity index is 702. The van der Waals surface area contributed by atoms with Crippen LogP contribution in [-0.2, 0) is 5.54 Å². The van der Waals surface area contributed by atoms with Gasteiger partial charge >= 0.3 is 5.97 Å². The molecule has 3 rings (SSSR count). The second-order valence-corrected chi connectivity index (χ2v) is 5.29. The zero-order chi connectivity index (χ0) is 15.0. The molecule has 0 aromatic carbocycles. The summed E-state index contributed by atoms with van der Waals surface area (Å²) >= 11 is 5.79. The van der Waals surface area contributed by atoms with E-state index in [9.17, 15) is 9.59 Å². The van der Waals surface area contributed by atoms with Crippen molar-refractivity contribution in [1.82, 2.24) is 15.3 Å². The van der Waals surface area contributed by atoms with Gasteiger partial charge in [0.2, 0.25) is 5.22 Å². The summed E-state index contributed by atoms with van der Waals surface area (Å²) in [6.07, 6.45) is 4.86. The van der Waals surface area contributed by atoms with Gasteiger partial charge in [0.05, 0.1) is 23.6 Å². The summed E-state index contributed by atoms with van der Waals surface area (Å²) in [6, 6.07) is 1.48. The molecule has 0 unspecified atom stereocenters. The Morgan fingerprint density at radius 3 is 2.71 bits per heavy atom. The maximum atomic E-state index is 12.2.